The van der Waals surface area contributed by atoms with Gasteiger partial charge in [0.25, 0.3) is 5.69 Å². The van der Waals surface area contributed by atoms with E-state index in [1.165, 1.54) is 23.5 Å². The molecule has 39 heavy (non-hydrogen) atoms. The van der Waals surface area contributed by atoms with Gasteiger partial charge < -0.3 is 10.5 Å². The van der Waals surface area contributed by atoms with Gasteiger partial charge in [0.05, 0.1) is 34.7 Å². The zero-order valence-electron chi connectivity index (χ0n) is 22.2. The number of benzene rings is 1. The summed E-state index contributed by atoms with van der Waals surface area (Å²) in [6.45, 7) is 6.01. The number of nitrogens with two attached hydrogens (primary N) is 1. The second-order valence-electron chi connectivity index (χ2n) is 10.9. The van der Waals surface area contributed by atoms with Gasteiger partial charge in [-0.15, -0.1) is 11.3 Å². The first kappa shape index (κ1) is 26.6. The molecule has 0 saturated carbocycles. The van der Waals surface area contributed by atoms with E-state index in [9.17, 15) is 25.0 Å². The molecule has 0 amide bonds. The van der Waals surface area contributed by atoms with Gasteiger partial charge in [0.2, 0.25) is 0 Å². The van der Waals surface area contributed by atoms with Crippen LogP contribution in [0.2, 0.25) is 0 Å². The second-order valence-corrected chi connectivity index (χ2v) is 12.0. The number of anilines is 1. The lowest BCUT2D eigenvalue weighted by Crippen LogP contribution is -2.42. The predicted octanol–water partition coefficient (Wildman–Crippen LogP) is 5.65. The largest absolute Gasteiger partial charge is 0.462 e. The third-order valence-corrected chi connectivity index (χ3v) is 8.93. The first-order valence-electron chi connectivity index (χ1n) is 13.1. The van der Waals surface area contributed by atoms with Gasteiger partial charge in [-0.3, -0.25) is 19.8 Å². The molecule has 10 heteroatoms. The van der Waals surface area contributed by atoms with Crippen LogP contribution in [-0.4, -0.2) is 23.3 Å². The Bertz CT molecular complexity index is 1490. The van der Waals surface area contributed by atoms with Gasteiger partial charge >= 0.3 is 5.97 Å². The Morgan fingerprint density at radius 3 is 2.59 bits per heavy atom. The minimum absolute atomic E-state index is 0.0832. The number of allylic oxidation sites excluding steroid dienone is 3. The maximum Gasteiger partial charge on any atom is 0.341 e. The van der Waals surface area contributed by atoms with E-state index in [2.05, 4.69) is 6.07 Å². The third-order valence-electron chi connectivity index (χ3n) is 7.65. The Morgan fingerprint density at radius 1 is 1.26 bits per heavy atom. The Labute approximate surface area is 230 Å². The van der Waals surface area contributed by atoms with Crippen molar-refractivity contribution in [3.8, 4) is 6.07 Å². The summed E-state index contributed by atoms with van der Waals surface area (Å²) < 4.78 is 5.47. The highest BCUT2D eigenvalue weighted by Crippen LogP contribution is 2.53. The van der Waals surface area contributed by atoms with Crippen molar-refractivity contribution >= 4 is 33.8 Å². The Balaban J connectivity index is 1.77. The van der Waals surface area contributed by atoms with Crippen molar-refractivity contribution in [2.75, 3.05) is 11.5 Å². The van der Waals surface area contributed by atoms with Gasteiger partial charge in [0.1, 0.15) is 10.8 Å². The Morgan fingerprint density at radius 2 is 1.95 bits per heavy atom. The SMILES string of the molecule is CCOC(=O)c1c(N2C(N)=C(C#N)[C@H](c3ccc([N+](=O)[O-])cc3)C3=C2CC(C)(C)CC3=O)sc2c1CCCC2. The van der Waals surface area contributed by atoms with Crippen LogP contribution in [-0.2, 0) is 22.4 Å². The van der Waals surface area contributed by atoms with Gasteiger partial charge in [0, 0.05) is 34.7 Å². The van der Waals surface area contributed by atoms with Crippen LogP contribution in [0.5, 0.6) is 0 Å². The molecule has 1 aromatic carbocycles. The number of non-ortho nitro benzene ring substituents is 1. The highest BCUT2D eigenvalue weighted by molar-refractivity contribution is 7.16. The summed E-state index contributed by atoms with van der Waals surface area (Å²) in [5.74, 6) is -1.13. The van der Waals surface area contributed by atoms with Gasteiger partial charge in [-0.05, 0) is 55.6 Å². The standard InChI is InChI=1S/C29H30N4O5S/c1-4-38-28(35)24-18-7-5-6-8-22(18)39-27(24)32-20-13-29(2,3)14-21(34)25(20)23(19(15-30)26(32)31)16-9-11-17(12-10-16)33(36)37/h9-12,23H,4-8,13-14,31H2,1-3H3/t23-/m0/s1. The van der Waals surface area contributed by atoms with Crippen molar-refractivity contribution in [1.82, 2.24) is 0 Å². The van der Waals surface area contributed by atoms with Crippen LogP contribution in [0.25, 0.3) is 0 Å². The van der Waals surface area contributed by atoms with E-state index in [0.717, 1.165) is 36.1 Å². The maximum atomic E-state index is 13.8. The van der Waals surface area contributed by atoms with Gasteiger partial charge in [0.15, 0.2) is 5.78 Å². The normalized spacial score (nSPS) is 20.3. The number of aryl methyl sites for hydroxylation is 1. The Kier molecular flexibility index (Phi) is 6.81. The molecule has 0 saturated heterocycles. The minimum atomic E-state index is -0.758. The van der Waals surface area contributed by atoms with E-state index < -0.39 is 16.8 Å². The number of carbonyl (C=O) groups is 2. The number of hydrogen-bond acceptors (Lipinski definition) is 9. The third kappa shape index (κ3) is 4.51. The molecule has 9 nitrogen and oxygen atoms in total. The number of nitrogens with zero attached hydrogens (tertiary/aromatic N) is 3. The number of fused-ring (bicyclic) bond motifs is 1. The number of nitriles is 1. The molecule has 1 aromatic heterocycles. The lowest BCUT2D eigenvalue weighted by molar-refractivity contribution is -0.384. The molecule has 202 valence electrons. The fourth-order valence-electron chi connectivity index (χ4n) is 5.99. The van der Waals surface area contributed by atoms with Crippen molar-refractivity contribution in [3.05, 3.63) is 78.6 Å². The van der Waals surface area contributed by atoms with E-state index in [1.807, 2.05) is 13.8 Å². The smallest absolute Gasteiger partial charge is 0.341 e. The first-order chi connectivity index (χ1) is 18.6. The molecule has 0 unspecified atom stereocenters. The zero-order valence-corrected chi connectivity index (χ0v) is 23.0. The van der Waals surface area contributed by atoms with E-state index in [0.29, 0.717) is 33.8 Å². The fourth-order valence-corrected chi connectivity index (χ4v) is 7.40. The van der Waals surface area contributed by atoms with Crippen LogP contribution >= 0.6 is 11.3 Å². The number of nitro benzene ring substituents is 1. The number of esters is 1. The number of rotatable bonds is 5. The minimum Gasteiger partial charge on any atom is -0.462 e. The summed E-state index contributed by atoms with van der Waals surface area (Å²) in [5.41, 5.74) is 9.65. The first-order valence-corrected chi connectivity index (χ1v) is 13.9. The van der Waals surface area contributed by atoms with Crippen molar-refractivity contribution in [1.29, 1.82) is 5.26 Å². The van der Waals surface area contributed by atoms with Gasteiger partial charge in [-0.1, -0.05) is 26.0 Å². The van der Waals surface area contributed by atoms with E-state index in [-0.39, 0.29) is 41.3 Å². The summed E-state index contributed by atoms with van der Waals surface area (Å²) in [7, 11) is 0. The molecule has 2 N–H and O–H groups in total. The molecule has 1 aliphatic heterocycles. The van der Waals surface area contributed by atoms with Crippen LogP contribution < -0.4 is 10.6 Å². The van der Waals surface area contributed by atoms with Crippen LogP contribution in [0, 0.1) is 26.9 Å². The molecule has 2 aromatic rings. The number of ketones is 1. The number of carbonyl (C=O) groups excluding carboxylic acids is 2. The summed E-state index contributed by atoms with van der Waals surface area (Å²) in [6.07, 6.45) is 4.37. The lowest BCUT2D eigenvalue weighted by atomic mass is 9.68. The lowest BCUT2D eigenvalue weighted by Gasteiger charge is -2.43. The molecular formula is C29H30N4O5S. The molecule has 5 rings (SSSR count). The van der Waals surface area contributed by atoms with Gasteiger partial charge in [-0.2, -0.15) is 5.26 Å². The molecule has 0 spiro atoms. The molecule has 2 aliphatic carbocycles. The Hall–Kier alpha value is -3.97. The van der Waals surface area contributed by atoms with Crippen LogP contribution in [0.15, 0.2) is 46.9 Å². The number of ether oxygens (including phenoxy) is 1. The average molecular weight is 547 g/mol. The summed E-state index contributed by atoms with van der Waals surface area (Å²) in [5, 5.41) is 22.2. The molecule has 0 radical (unpaired) electrons. The summed E-state index contributed by atoms with van der Waals surface area (Å²) in [6, 6.07) is 8.13. The quantitative estimate of drug-likeness (QED) is 0.288. The topological polar surface area (TPSA) is 140 Å². The van der Waals surface area contributed by atoms with E-state index in [4.69, 9.17) is 10.5 Å². The summed E-state index contributed by atoms with van der Waals surface area (Å²) in [4.78, 5) is 40.7. The van der Waals surface area contributed by atoms with Gasteiger partial charge in [-0.25, -0.2) is 4.79 Å². The van der Waals surface area contributed by atoms with E-state index >= 15 is 0 Å². The number of nitro groups is 1. The number of thiophene rings is 1. The van der Waals surface area contributed by atoms with Crippen molar-refractivity contribution in [3.63, 3.8) is 0 Å². The number of hydrogen-bond donors (Lipinski definition) is 1. The molecule has 3 aliphatic rings. The highest BCUT2D eigenvalue weighted by atomic mass is 32.1. The molecule has 0 bridgehead atoms. The molecule has 0 fully saturated rings. The van der Waals surface area contributed by atoms with Crippen LogP contribution in [0.1, 0.15) is 78.7 Å². The molecule has 2 heterocycles. The maximum absolute atomic E-state index is 13.8. The second kappa shape index (κ2) is 9.97. The number of Topliss-reactive ketones (excluding diaryl/α,β-unsaturated/α-hetero) is 1. The van der Waals surface area contributed by atoms with Crippen molar-refractivity contribution in [2.24, 2.45) is 11.1 Å². The highest BCUT2D eigenvalue weighted by Gasteiger charge is 2.46. The average Bonchev–Trinajstić information content (AvgIpc) is 3.26. The van der Waals surface area contributed by atoms with E-state index in [1.54, 1.807) is 24.0 Å². The van der Waals surface area contributed by atoms with Crippen LogP contribution in [0.4, 0.5) is 10.7 Å². The fraction of sp³-hybridized carbons (Fsp3) is 0.414. The van der Waals surface area contributed by atoms with Crippen LogP contribution in [0.3, 0.4) is 0 Å². The van der Waals surface area contributed by atoms with Crippen molar-refractivity contribution in [2.45, 2.75) is 65.2 Å². The zero-order chi connectivity index (χ0) is 28.1. The van der Waals surface area contributed by atoms with Crippen molar-refractivity contribution < 1.29 is 19.2 Å². The molecule has 1 atom stereocenters. The summed E-state index contributed by atoms with van der Waals surface area (Å²) >= 11 is 1.48. The predicted molar refractivity (Wildman–Crippen MR) is 147 cm³/mol. The molecular weight excluding hydrogens is 516 g/mol. The monoisotopic (exact) mass is 546 g/mol.